The maximum Gasteiger partial charge on any atom is 0.0717 e. The minimum atomic E-state index is 0.390. The van der Waals surface area contributed by atoms with Crippen LogP contribution < -0.4 is 0 Å². The molecule has 0 fully saturated rings. The van der Waals surface area contributed by atoms with Crippen LogP contribution in [-0.2, 0) is 12.6 Å². The first-order valence-corrected chi connectivity index (χ1v) is 4.32. The molecule has 0 N–H and O–H groups in total. The number of aromatic nitrogens is 2. The molecule has 0 aliphatic rings. The Kier molecular flexibility index (Phi) is 2.19. The van der Waals surface area contributed by atoms with E-state index in [1.54, 1.807) is 6.20 Å². The monoisotopic (exact) mass is 187 g/mol. The van der Waals surface area contributed by atoms with E-state index in [0.29, 0.717) is 5.16 Å². The highest BCUT2D eigenvalue weighted by Gasteiger charge is 1.94. The molecule has 0 spiro atoms. The van der Waals surface area contributed by atoms with Crippen LogP contribution in [-0.4, -0.2) is 9.97 Å². The molecule has 0 bridgehead atoms. The first-order valence-electron chi connectivity index (χ1n) is 3.92. The van der Waals surface area contributed by atoms with Gasteiger partial charge in [-0.15, -0.1) is 0 Å². The molecule has 2 nitrogen and oxygen atoms in total. The van der Waals surface area contributed by atoms with Gasteiger partial charge in [0.05, 0.1) is 5.69 Å². The Bertz CT molecular complexity index is 401. The first-order chi connectivity index (χ1) is 6.36. The van der Waals surface area contributed by atoms with Gasteiger partial charge in [-0.05, 0) is 6.07 Å². The van der Waals surface area contributed by atoms with Crippen LogP contribution in [0.4, 0.5) is 0 Å². The van der Waals surface area contributed by atoms with Gasteiger partial charge in [-0.25, -0.2) is 0 Å². The maximum absolute atomic E-state index is 4.88. The van der Waals surface area contributed by atoms with Crippen molar-refractivity contribution in [2.75, 3.05) is 0 Å². The average molecular weight is 187 g/mol. The lowest BCUT2D eigenvalue weighted by molar-refractivity contribution is 0.979. The third-order valence-corrected chi connectivity index (χ3v) is 1.90. The predicted molar refractivity (Wildman–Crippen MR) is 53.1 cm³/mol. The lowest BCUT2D eigenvalue weighted by Crippen LogP contribution is -1.88. The minimum absolute atomic E-state index is 0.390. The molecule has 1 aromatic carbocycles. The number of rotatable bonds is 1. The molecule has 0 radical (unpaired) electrons. The zero-order chi connectivity index (χ0) is 9.10. The lowest BCUT2D eigenvalue weighted by atomic mass is 10.1. The number of hydrogen-bond donors (Lipinski definition) is 0. The Morgan fingerprint density at radius 1 is 1.00 bits per heavy atom. The summed E-state index contributed by atoms with van der Waals surface area (Å²) in [5, 5.41) is 0.390. The number of benzene rings is 1. The SMILES string of the molecule is [S-]c1nccc(-c2ccccc2)n1. The molecule has 0 atom stereocenters. The normalized spacial score (nSPS) is 9.85. The van der Waals surface area contributed by atoms with Gasteiger partial charge in [-0.1, -0.05) is 30.3 Å². The summed E-state index contributed by atoms with van der Waals surface area (Å²) >= 11 is 4.88. The van der Waals surface area contributed by atoms with E-state index in [1.165, 1.54) is 0 Å². The van der Waals surface area contributed by atoms with E-state index in [0.717, 1.165) is 11.3 Å². The topological polar surface area (TPSA) is 25.8 Å². The quantitative estimate of drug-likeness (QED) is 0.504. The molecular weight excluding hydrogens is 180 g/mol. The first kappa shape index (κ1) is 8.13. The zero-order valence-corrected chi connectivity index (χ0v) is 7.66. The van der Waals surface area contributed by atoms with Crippen molar-refractivity contribution < 1.29 is 0 Å². The Balaban J connectivity index is 2.48. The molecule has 0 unspecified atom stereocenters. The van der Waals surface area contributed by atoms with Crippen molar-refractivity contribution in [3.8, 4) is 11.3 Å². The van der Waals surface area contributed by atoms with Crippen LogP contribution in [0.3, 0.4) is 0 Å². The maximum atomic E-state index is 4.88. The van der Waals surface area contributed by atoms with Crippen molar-refractivity contribution in [3.05, 3.63) is 42.6 Å². The number of nitrogens with zero attached hydrogens (tertiary/aromatic N) is 2. The molecule has 3 heteroatoms. The Labute approximate surface area is 82.1 Å². The van der Waals surface area contributed by atoms with Crippen molar-refractivity contribution in [3.63, 3.8) is 0 Å². The summed E-state index contributed by atoms with van der Waals surface area (Å²) in [6, 6.07) is 11.8. The van der Waals surface area contributed by atoms with Crippen LogP contribution in [0.15, 0.2) is 47.8 Å². The molecule has 0 aliphatic carbocycles. The van der Waals surface area contributed by atoms with Crippen LogP contribution in [0.2, 0.25) is 0 Å². The van der Waals surface area contributed by atoms with Crippen molar-refractivity contribution in [2.45, 2.75) is 5.16 Å². The van der Waals surface area contributed by atoms with Crippen molar-refractivity contribution >= 4 is 12.6 Å². The largest absolute Gasteiger partial charge is 0.740 e. The van der Waals surface area contributed by atoms with E-state index in [2.05, 4.69) is 9.97 Å². The molecule has 1 aromatic heterocycles. The van der Waals surface area contributed by atoms with Crippen LogP contribution in [0.25, 0.3) is 11.3 Å². The summed E-state index contributed by atoms with van der Waals surface area (Å²) in [4.78, 5) is 8.02. The molecule has 0 aliphatic heterocycles. The van der Waals surface area contributed by atoms with Gasteiger partial charge in [0.1, 0.15) is 0 Å². The van der Waals surface area contributed by atoms with E-state index in [-0.39, 0.29) is 0 Å². The second-order valence-electron chi connectivity index (χ2n) is 2.59. The van der Waals surface area contributed by atoms with Crippen molar-refractivity contribution in [1.29, 1.82) is 0 Å². The molecule has 0 saturated heterocycles. The molecule has 2 aromatic rings. The Morgan fingerprint density at radius 2 is 1.77 bits per heavy atom. The van der Waals surface area contributed by atoms with Crippen molar-refractivity contribution in [1.82, 2.24) is 9.97 Å². The van der Waals surface area contributed by atoms with Gasteiger partial charge in [-0.3, -0.25) is 9.97 Å². The third-order valence-electron chi connectivity index (χ3n) is 1.70. The van der Waals surface area contributed by atoms with Gasteiger partial charge in [0.15, 0.2) is 0 Å². The summed E-state index contributed by atoms with van der Waals surface area (Å²) in [6.45, 7) is 0. The highest BCUT2D eigenvalue weighted by Crippen LogP contribution is 2.14. The Hall–Kier alpha value is -1.48. The summed E-state index contributed by atoms with van der Waals surface area (Å²) in [6.07, 6.45) is 1.68. The second kappa shape index (κ2) is 3.49. The van der Waals surface area contributed by atoms with Gasteiger partial charge >= 0.3 is 0 Å². The molecular formula is C10H7N2S-. The number of hydrogen-bond acceptors (Lipinski definition) is 3. The van der Waals surface area contributed by atoms with Gasteiger partial charge < -0.3 is 12.6 Å². The summed E-state index contributed by atoms with van der Waals surface area (Å²) < 4.78 is 0. The average Bonchev–Trinajstić information content (AvgIpc) is 2.19. The van der Waals surface area contributed by atoms with Crippen LogP contribution in [0.5, 0.6) is 0 Å². The van der Waals surface area contributed by atoms with E-state index >= 15 is 0 Å². The van der Waals surface area contributed by atoms with Crippen LogP contribution in [0.1, 0.15) is 0 Å². The third kappa shape index (κ3) is 1.81. The van der Waals surface area contributed by atoms with Gasteiger partial charge in [0.2, 0.25) is 0 Å². The molecule has 2 rings (SSSR count). The smallest absolute Gasteiger partial charge is 0.0717 e. The van der Waals surface area contributed by atoms with Gasteiger partial charge in [0.25, 0.3) is 0 Å². The fraction of sp³-hybridized carbons (Fsp3) is 0. The summed E-state index contributed by atoms with van der Waals surface area (Å²) in [5.41, 5.74) is 1.94. The molecule has 1 heterocycles. The summed E-state index contributed by atoms with van der Waals surface area (Å²) in [5.74, 6) is 0. The van der Waals surface area contributed by atoms with E-state index < -0.39 is 0 Å². The standard InChI is InChI=1S/C10H8N2S/c13-10-11-7-6-9(12-10)8-4-2-1-3-5-8/h1-7H,(H,11,12,13)/p-1. The molecule has 64 valence electrons. The van der Waals surface area contributed by atoms with Gasteiger partial charge in [-0.2, -0.15) is 0 Å². The van der Waals surface area contributed by atoms with Crippen LogP contribution in [0, 0.1) is 0 Å². The molecule has 0 amide bonds. The zero-order valence-electron chi connectivity index (χ0n) is 6.84. The predicted octanol–water partition coefficient (Wildman–Crippen LogP) is 2.05. The molecule has 0 saturated carbocycles. The highest BCUT2D eigenvalue weighted by atomic mass is 32.1. The fourth-order valence-corrected chi connectivity index (χ4v) is 1.27. The van der Waals surface area contributed by atoms with Gasteiger partial charge in [0, 0.05) is 16.9 Å². The van der Waals surface area contributed by atoms with E-state index in [9.17, 15) is 0 Å². The summed E-state index contributed by atoms with van der Waals surface area (Å²) in [7, 11) is 0. The Morgan fingerprint density at radius 3 is 2.46 bits per heavy atom. The minimum Gasteiger partial charge on any atom is -0.740 e. The van der Waals surface area contributed by atoms with Crippen molar-refractivity contribution in [2.24, 2.45) is 0 Å². The van der Waals surface area contributed by atoms with Crippen LogP contribution >= 0.6 is 0 Å². The fourth-order valence-electron chi connectivity index (χ4n) is 1.11. The van der Waals surface area contributed by atoms with E-state index in [4.69, 9.17) is 12.6 Å². The lowest BCUT2D eigenvalue weighted by Gasteiger charge is -2.05. The van der Waals surface area contributed by atoms with E-state index in [1.807, 2.05) is 36.4 Å². The second-order valence-corrected chi connectivity index (χ2v) is 2.96. The highest BCUT2D eigenvalue weighted by molar-refractivity contribution is 7.58. The molecule has 13 heavy (non-hydrogen) atoms.